The van der Waals surface area contributed by atoms with Gasteiger partial charge in [0.2, 0.25) is 5.78 Å². The Morgan fingerprint density at radius 1 is 1.13 bits per heavy atom. The lowest BCUT2D eigenvalue weighted by Crippen LogP contribution is -2.31. The predicted octanol–water partition coefficient (Wildman–Crippen LogP) is 6.24. The lowest BCUT2D eigenvalue weighted by molar-refractivity contribution is -0.117. The van der Waals surface area contributed by atoms with Gasteiger partial charge in [-0.15, -0.1) is 11.3 Å². The van der Waals surface area contributed by atoms with Crippen molar-refractivity contribution in [1.29, 1.82) is 0 Å². The summed E-state index contributed by atoms with van der Waals surface area (Å²) in [7, 11) is 0. The van der Waals surface area contributed by atoms with Gasteiger partial charge in [0.25, 0.3) is 5.91 Å². The van der Waals surface area contributed by atoms with Crippen molar-refractivity contribution in [2.24, 2.45) is 0 Å². The van der Waals surface area contributed by atoms with E-state index in [0.717, 1.165) is 10.3 Å². The van der Waals surface area contributed by atoms with Gasteiger partial charge in [-0.1, -0.05) is 41.9 Å². The third kappa shape index (κ3) is 3.07. The van der Waals surface area contributed by atoms with Gasteiger partial charge in [-0.05, 0) is 48.2 Å². The molecule has 1 N–H and O–H groups in total. The van der Waals surface area contributed by atoms with Crippen LogP contribution in [-0.4, -0.2) is 16.8 Å². The van der Waals surface area contributed by atoms with E-state index in [1.165, 1.54) is 16.2 Å². The van der Waals surface area contributed by atoms with E-state index >= 15 is 0 Å². The molecule has 0 aliphatic carbocycles. The minimum Gasteiger partial charge on any atom is -0.503 e. The molecule has 1 unspecified atom stereocenters. The number of fused-ring (bicyclic) bond motifs is 1. The molecular weight excluding hydrogens is 434 g/mol. The van der Waals surface area contributed by atoms with Gasteiger partial charge in [-0.3, -0.25) is 14.5 Å². The van der Waals surface area contributed by atoms with Crippen LogP contribution in [0.15, 0.2) is 81.8 Å². The fourth-order valence-corrected chi connectivity index (χ4v) is 4.88. The van der Waals surface area contributed by atoms with Crippen molar-refractivity contribution in [3.05, 3.63) is 98.6 Å². The number of nitrogens with zero attached hydrogens (tertiary/aromatic N) is 1. The van der Waals surface area contributed by atoms with Crippen LogP contribution >= 0.6 is 22.9 Å². The average Bonchev–Trinajstić information content (AvgIpc) is 3.49. The van der Waals surface area contributed by atoms with Crippen LogP contribution in [0.1, 0.15) is 27.0 Å². The van der Waals surface area contributed by atoms with Gasteiger partial charge in [0.1, 0.15) is 11.6 Å². The molecule has 2 aromatic heterocycles. The maximum absolute atomic E-state index is 13.5. The Bertz CT molecular complexity index is 1340. The van der Waals surface area contributed by atoms with Gasteiger partial charge >= 0.3 is 0 Å². The van der Waals surface area contributed by atoms with Crippen molar-refractivity contribution >= 4 is 51.3 Å². The number of ketones is 1. The van der Waals surface area contributed by atoms with Crippen LogP contribution in [0, 0.1) is 6.92 Å². The molecule has 31 heavy (non-hydrogen) atoms. The summed E-state index contributed by atoms with van der Waals surface area (Å²) in [6.07, 6.45) is 0. The molecule has 0 saturated carbocycles. The molecule has 0 bridgehead atoms. The summed E-state index contributed by atoms with van der Waals surface area (Å²) in [6, 6.07) is 17.0. The number of para-hydroxylation sites is 1. The second-order valence-electron chi connectivity index (χ2n) is 7.22. The fourth-order valence-electron chi connectivity index (χ4n) is 3.89. The molecule has 0 spiro atoms. The molecule has 2 aromatic carbocycles. The Hall–Kier alpha value is -3.35. The van der Waals surface area contributed by atoms with E-state index in [-0.39, 0.29) is 11.3 Å². The summed E-state index contributed by atoms with van der Waals surface area (Å²) in [5.74, 6) is -1.68. The lowest BCUT2D eigenvalue weighted by atomic mass is 9.99. The number of hydrogen-bond donors (Lipinski definition) is 1. The number of thiophene rings is 1. The van der Waals surface area contributed by atoms with Crippen molar-refractivity contribution in [3.8, 4) is 0 Å². The fraction of sp³-hybridized carbons (Fsp3) is 0.0833. The van der Waals surface area contributed by atoms with Crippen molar-refractivity contribution in [1.82, 2.24) is 0 Å². The number of rotatable bonds is 4. The standard InChI is InChI=1S/C24H16ClNO4S/c1-13-15(25)7-4-8-16(13)26-21(19-10-5-11-31-19)20(23(28)24(26)29)22(27)18-12-14-6-2-3-9-17(14)30-18/h2-12,21,28H,1H3. The van der Waals surface area contributed by atoms with Crippen LogP contribution < -0.4 is 4.90 Å². The van der Waals surface area contributed by atoms with Crippen LogP contribution in [-0.2, 0) is 4.79 Å². The molecule has 1 aliphatic rings. The zero-order valence-corrected chi connectivity index (χ0v) is 17.9. The molecule has 0 radical (unpaired) electrons. The van der Waals surface area contributed by atoms with Crippen LogP contribution in [0.2, 0.25) is 5.02 Å². The van der Waals surface area contributed by atoms with E-state index in [1.54, 1.807) is 37.3 Å². The lowest BCUT2D eigenvalue weighted by Gasteiger charge is -2.27. The summed E-state index contributed by atoms with van der Waals surface area (Å²) < 4.78 is 5.73. The van der Waals surface area contributed by atoms with E-state index in [2.05, 4.69) is 0 Å². The summed E-state index contributed by atoms with van der Waals surface area (Å²) >= 11 is 7.69. The summed E-state index contributed by atoms with van der Waals surface area (Å²) in [5, 5.41) is 13.9. The van der Waals surface area contributed by atoms with Gasteiger partial charge in [0, 0.05) is 21.0 Å². The first-order valence-corrected chi connectivity index (χ1v) is 10.8. The van der Waals surface area contributed by atoms with E-state index < -0.39 is 23.5 Å². The third-order valence-electron chi connectivity index (χ3n) is 5.41. The molecule has 4 aromatic rings. The third-order valence-corrected chi connectivity index (χ3v) is 6.75. The number of furan rings is 1. The number of amides is 1. The maximum Gasteiger partial charge on any atom is 0.294 e. The smallest absolute Gasteiger partial charge is 0.294 e. The first-order valence-electron chi connectivity index (χ1n) is 9.56. The van der Waals surface area contributed by atoms with Crippen LogP contribution in [0.25, 0.3) is 11.0 Å². The quantitative estimate of drug-likeness (QED) is 0.374. The van der Waals surface area contributed by atoms with Gasteiger partial charge in [-0.2, -0.15) is 0 Å². The number of anilines is 1. The minimum absolute atomic E-state index is 0.00844. The topological polar surface area (TPSA) is 70.8 Å². The van der Waals surface area contributed by atoms with Gasteiger partial charge in [0.05, 0.1) is 5.57 Å². The zero-order valence-electron chi connectivity index (χ0n) is 16.3. The Morgan fingerprint density at radius 2 is 1.94 bits per heavy atom. The van der Waals surface area contributed by atoms with Crippen molar-refractivity contribution < 1.29 is 19.1 Å². The van der Waals surface area contributed by atoms with E-state index in [0.29, 0.717) is 21.9 Å². The number of benzene rings is 2. The second-order valence-corrected chi connectivity index (χ2v) is 8.60. The number of halogens is 1. The van der Waals surface area contributed by atoms with E-state index in [4.69, 9.17) is 16.0 Å². The largest absolute Gasteiger partial charge is 0.503 e. The molecule has 3 heterocycles. The monoisotopic (exact) mass is 449 g/mol. The summed E-state index contributed by atoms with van der Waals surface area (Å²) in [4.78, 5) is 28.9. The van der Waals surface area contributed by atoms with Crippen LogP contribution in [0.3, 0.4) is 0 Å². The van der Waals surface area contributed by atoms with Gasteiger partial charge in [-0.25, -0.2) is 0 Å². The molecule has 5 nitrogen and oxygen atoms in total. The van der Waals surface area contributed by atoms with Crippen molar-refractivity contribution in [2.75, 3.05) is 4.90 Å². The van der Waals surface area contributed by atoms with E-state index in [1.807, 2.05) is 35.7 Å². The van der Waals surface area contributed by atoms with Crippen LogP contribution in [0.4, 0.5) is 5.69 Å². The minimum atomic E-state index is -0.787. The molecule has 1 aliphatic heterocycles. The number of aliphatic hydroxyl groups excluding tert-OH is 1. The molecular formula is C24H16ClNO4S. The Morgan fingerprint density at radius 3 is 2.68 bits per heavy atom. The highest BCUT2D eigenvalue weighted by Crippen LogP contribution is 2.45. The zero-order chi connectivity index (χ0) is 21.7. The first-order chi connectivity index (χ1) is 15.0. The average molecular weight is 450 g/mol. The Labute approximate surface area is 186 Å². The Kier molecular flexibility index (Phi) is 4.68. The molecule has 1 atom stereocenters. The van der Waals surface area contributed by atoms with Crippen molar-refractivity contribution in [3.63, 3.8) is 0 Å². The van der Waals surface area contributed by atoms with Crippen molar-refractivity contribution in [2.45, 2.75) is 13.0 Å². The SMILES string of the molecule is Cc1c(Cl)cccc1N1C(=O)C(O)=C(C(=O)c2cc3ccccc3o2)C1c1cccs1. The first kappa shape index (κ1) is 19.6. The number of carbonyl (C=O) groups excluding carboxylic acids is 2. The maximum atomic E-state index is 13.5. The summed E-state index contributed by atoms with van der Waals surface area (Å²) in [6.45, 7) is 1.80. The highest BCUT2D eigenvalue weighted by Gasteiger charge is 2.46. The molecule has 0 fully saturated rings. The normalized spacial score (nSPS) is 16.5. The number of aliphatic hydroxyl groups is 1. The number of hydrogen-bond acceptors (Lipinski definition) is 5. The highest BCUT2D eigenvalue weighted by atomic mass is 35.5. The Balaban J connectivity index is 1.67. The molecule has 7 heteroatoms. The second kappa shape index (κ2) is 7.41. The molecule has 0 saturated heterocycles. The number of Topliss-reactive ketones (excluding diaryl/α,β-unsaturated/α-hetero) is 1. The number of carbonyl (C=O) groups is 2. The predicted molar refractivity (Wildman–Crippen MR) is 121 cm³/mol. The molecule has 1 amide bonds. The summed E-state index contributed by atoms with van der Waals surface area (Å²) in [5.41, 5.74) is 1.77. The van der Waals surface area contributed by atoms with E-state index in [9.17, 15) is 14.7 Å². The molecule has 154 valence electrons. The van der Waals surface area contributed by atoms with Gasteiger partial charge < -0.3 is 9.52 Å². The molecule has 5 rings (SSSR count). The highest BCUT2D eigenvalue weighted by molar-refractivity contribution is 7.10. The van der Waals surface area contributed by atoms with Gasteiger partial charge in [0.15, 0.2) is 11.5 Å². The van der Waals surface area contributed by atoms with Crippen LogP contribution in [0.5, 0.6) is 0 Å².